The number of fused-ring (bicyclic) bond motifs is 1. The molecule has 3 aromatic rings. The lowest BCUT2D eigenvalue weighted by Gasteiger charge is -2.01. The first-order valence-electron chi connectivity index (χ1n) is 5.67. The number of hydrogen-bond acceptors (Lipinski definition) is 2. The van der Waals surface area contributed by atoms with E-state index >= 15 is 0 Å². The van der Waals surface area contributed by atoms with Crippen LogP contribution in [-0.2, 0) is 0 Å². The van der Waals surface area contributed by atoms with Crippen LogP contribution in [0.5, 0.6) is 0 Å². The lowest BCUT2D eigenvalue weighted by atomic mass is 10.2. The predicted molar refractivity (Wildman–Crippen MR) is 69.2 cm³/mol. The average molecular weight is 259 g/mol. The van der Waals surface area contributed by atoms with E-state index in [0.717, 1.165) is 4.68 Å². The number of aromatic amines is 2. The monoisotopic (exact) mass is 259 g/mol. The molecule has 2 N–H and O–H groups in total. The maximum atomic E-state index is 13.7. The van der Waals surface area contributed by atoms with Crippen LogP contribution in [0.3, 0.4) is 0 Å². The van der Waals surface area contributed by atoms with Gasteiger partial charge in [-0.15, -0.1) is 0 Å². The predicted octanol–water partition coefficient (Wildman–Crippen LogP) is 1.45. The summed E-state index contributed by atoms with van der Waals surface area (Å²) in [5.41, 5.74) is 0.254. The first kappa shape index (κ1) is 11.5. The lowest BCUT2D eigenvalue weighted by Crippen LogP contribution is -2.16. The van der Waals surface area contributed by atoms with Crippen LogP contribution in [0.4, 0.5) is 4.39 Å². The van der Waals surface area contributed by atoms with E-state index in [1.54, 1.807) is 19.1 Å². The Morgan fingerprint density at radius 1 is 1.21 bits per heavy atom. The number of hydrogen-bond donors (Lipinski definition) is 2. The van der Waals surface area contributed by atoms with Crippen molar-refractivity contribution in [3.63, 3.8) is 0 Å². The Morgan fingerprint density at radius 3 is 2.68 bits per heavy atom. The van der Waals surface area contributed by atoms with Crippen LogP contribution in [0.15, 0.2) is 39.9 Å². The van der Waals surface area contributed by atoms with E-state index in [1.165, 1.54) is 18.2 Å². The third-order valence-electron chi connectivity index (χ3n) is 2.97. The molecule has 5 nitrogen and oxygen atoms in total. The number of H-pyrrole nitrogens is 2. The molecule has 0 amide bonds. The number of benzene rings is 1. The molecule has 3 rings (SSSR count). The molecule has 0 unspecified atom stereocenters. The Balaban J connectivity index is 2.42. The van der Waals surface area contributed by atoms with Gasteiger partial charge in [-0.1, -0.05) is 12.1 Å². The Kier molecular flexibility index (Phi) is 2.38. The molecular weight excluding hydrogens is 249 g/mol. The molecule has 0 saturated heterocycles. The largest absolute Gasteiger partial charge is 0.326 e. The summed E-state index contributed by atoms with van der Waals surface area (Å²) in [6, 6.07) is 7.21. The first-order chi connectivity index (χ1) is 9.08. The fourth-order valence-electron chi connectivity index (χ4n) is 2.14. The Hall–Kier alpha value is -2.63. The van der Waals surface area contributed by atoms with Crippen LogP contribution >= 0.6 is 0 Å². The molecule has 6 heteroatoms. The number of rotatable bonds is 1. The van der Waals surface area contributed by atoms with Crippen molar-refractivity contribution in [2.45, 2.75) is 6.92 Å². The van der Waals surface area contributed by atoms with Crippen molar-refractivity contribution in [2.24, 2.45) is 0 Å². The highest BCUT2D eigenvalue weighted by Crippen LogP contribution is 2.13. The van der Waals surface area contributed by atoms with E-state index in [0.29, 0.717) is 16.6 Å². The molecule has 1 aromatic carbocycles. The smallest absolute Gasteiger partial charge is 0.280 e. The van der Waals surface area contributed by atoms with Gasteiger partial charge >= 0.3 is 0 Å². The highest BCUT2D eigenvalue weighted by atomic mass is 19.1. The summed E-state index contributed by atoms with van der Waals surface area (Å²) >= 11 is 0. The van der Waals surface area contributed by atoms with E-state index in [4.69, 9.17) is 0 Å². The molecule has 96 valence electrons. The van der Waals surface area contributed by atoms with Crippen molar-refractivity contribution in [1.29, 1.82) is 0 Å². The highest BCUT2D eigenvalue weighted by molar-refractivity contribution is 5.80. The van der Waals surface area contributed by atoms with Crippen LogP contribution in [0.2, 0.25) is 0 Å². The maximum Gasteiger partial charge on any atom is 0.280 e. The normalized spacial score (nSPS) is 11.1. The fraction of sp³-hybridized carbons (Fsp3) is 0.0769. The molecular formula is C13H10FN3O2. The minimum absolute atomic E-state index is 0.121. The molecule has 0 atom stereocenters. The molecule has 0 saturated carbocycles. The summed E-state index contributed by atoms with van der Waals surface area (Å²) in [6.07, 6.45) is 0. The Morgan fingerprint density at radius 2 is 1.95 bits per heavy atom. The molecule has 0 aliphatic rings. The molecule has 19 heavy (non-hydrogen) atoms. The summed E-state index contributed by atoms with van der Waals surface area (Å²) in [4.78, 5) is 26.2. The van der Waals surface area contributed by atoms with E-state index in [2.05, 4.69) is 10.1 Å². The summed E-state index contributed by atoms with van der Waals surface area (Å²) in [6.45, 7) is 1.63. The first-order valence-corrected chi connectivity index (χ1v) is 5.67. The quantitative estimate of drug-likeness (QED) is 0.694. The summed E-state index contributed by atoms with van der Waals surface area (Å²) in [5, 5.41) is 3.10. The molecule has 0 bridgehead atoms. The van der Waals surface area contributed by atoms with Crippen LogP contribution < -0.4 is 11.1 Å². The molecule has 0 radical (unpaired) electrons. The molecule has 0 aliphatic heterocycles. The van der Waals surface area contributed by atoms with Crippen molar-refractivity contribution >= 4 is 10.9 Å². The fourth-order valence-corrected chi connectivity index (χ4v) is 2.14. The van der Waals surface area contributed by atoms with E-state index in [-0.39, 0.29) is 11.2 Å². The van der Waals surface area contributed by atoms with Gasteiger partial charge in [0.15, 0.2) is 0 Å². The average Bonchev–Trinajstić information content (AvgIpc) is 2.67. The number of aromatic nitrogens is 3. The van der Waals surface area contributed by atoms with Crippen molar-refractivity contribution in [3.05, 3.63) is 62.6 Å². The maximum absolute atomic E-state index is 13.7. The molecule has 0 spiro atoms. The van der Waals surface area contributed by atoms with Gasteiger partial charge in [-0.25, -0.2) is 9.07 Å². The van der Waals surface area contributed by atoms with Crippen molar-refractivity contribution in [2.75, 3.05) is 0 Å². The van der Waals surface area contributed by atoms with Crippen LogP contribution in [0.25, 0.3) is 16.6 Å². The molecule has 0 fully saturated rings. The SMILES string of the molecule is Cc1[nH]c(=O)cc2[nH]n(-c3ccccc3F)c(=O)c12. The van der Waals surface area contributed by atoms with Gasteiger partial charge in [0, 0.05) is 11.8 Å². The second-order valence-electron chi connectivity index (χ2n) is 4.25. The summed E-state index contributed by atoms with van der Waals surface area (Å²) < 4.78 is 14.8. The zero-order chi connectivity index (χ0) is 13.6. The van der Waals surface area contributed by atoms with E-state index in [9.17, 15) is 14.0 Å². The van der Waals surface area contributed by atoms with Crippen molar-refractivity contribution in [3.8, 4) is 5.69 Å². The zero-order valence-corrected chi connectivity index (χ0v) is 10.0. The molecule has 0 aliphatic carbocycles. The van der Waals surface area contributed by atoms with Gasteiger partial charge in [0.25, 0.3) is 5.56 Å². The van der Waals surface area contributed by atoms with E-state index in [1.807, 2.05) is 0 Å². The number of pyridine rings is 1. The second-order valence-corrected chi connectivity index (χ2v) is 4.25. The minimum atomic E-state index is -0.514. The lowest BCUT2D eigenvalue weighted by molar-refractivity contribution is 0.609. The van der Waals surface area contributed by atoms with Crippen LogP contribution in [0, 0.1) is 12.7 Å². The van der Waals surface area contributed by atoms with Crippen LogP contribution in [-0.4, -0.2) is 14.8 Å². The molecule has 2 aromatic heterocycles. The standard InChI is InChI=1S/C13H10FN3O2/c1-7-12-9(6-11(18)15-7)16-17(13(12)19)10-5-3-2-4-8(10)14/h2-6,16H,1H3,(H,15,18). The topological polar surface area (TPSA) is 70.7 Å². The number of aryl methyl sites for hydroxylation is 1. The number of halogens is 1. The Labute approximate surface area is 106 Å². The van der Waals surface area contributed by atoms with E-state index < -0.39 is 11.4 Å². The Bertz CT molecular complexity index is 889. The van der Waals surface area contributed by atoms with Gasteiger partial charge in [-0.05, 0) is 19.1 Å². The third kappa shape index (κ3) is 1.69. The van der Waals surface area contributed by atoms with Crippen molar-refractivity contribution in [1.82, 2.24) is 14.8 Å². The molecule has 2 heterocycles. The summed E-state index contributed by atoms with van der Waals surface area (Å²) in [5.74, 6) is -0.514. The zero-order valence-electron chi connectivity index (χ0n) is 10.0. The van der Waals surface area contributed by atoms with Gasteiger partial charge in [0.2, 0.25) is 5.56 Å². The third-order valence-corrected chi connectivity index (χ3v) is 2.97. The summed E-state index contributed by atoms with van der Waals surface area (Å²) in [7, 11) is 0. The van der Waals surface area contributed by atoms with Gasteiger partial charge < -0.3 is 4.98 Å². The number of para-hydroxylation sites is 1. The second kappa shape index (κ2) is 3.94. The van der Waals surface area contributed by atoms with Gasteiger partial charge in [-0.2, -0.15) is 0 Å². The van der Waals surface area contributed by atoms with Gasteiger partial charge in [0.05, 0.1) is 10.9 Å². The van der Waals surface area contributed by atoms with Gasteiger partial charge in [0.1, 0.15) is 11.5 Å². The van der Waals surface area contributed by atoms with Crippen molar-refractivity contribution < 1.29 is 4.39 Å². The van der Waals surface area contributed by atoms with Crippen LogP contribution in [0.1, 0.15) is 5.69 Å². The van der Waals surface area contributed by atoms with Gasteiger partial charge in [-0.3, -0.25) is 14.7 Å². The number of nitrogens with zero attached hydrogens (tertiary/aromatic N) is 1. The highest BCUT2D eigenvalue weighted by Gasteiger charge is 2.13. The minimum Gasteiger partial charge on any atom is -0.326 e. The number of nitrogens with one attached hydrogen (secondary N) is 2.